The lowest BCUT2D eigenvalue weighted by Gasteiger charge is -2.32. The van der Waals surface area contributed by atoms with E-state index in [9.17, 15) is 13.2 Å². The predicted molar refractivity (Wildman–Crippen MR) is 126 cm³/mol. The van der Waals surface area contributed by atoms with Crippen molar-refractivity contribution in [3.05, 3.63) is 59.1 Å². The van der Waals surface area contributed by atoms with E-state index >= 15 is 0 Å². The maximum absolute atomic E-state index is 13.3. The lowest BCUT2D eigenvalue weighted by atomic mass is 9.98. The van der Waals surface area contributed by atoms with Crippen LogP contribution in [0.15, 0.2) is 53.4 Å². The Bertz CT molecular complexity index is 1010. The number of nitrogens with one attached hydrogen (secondary N) is 1. The number of sulfonamides is 1. The Labute approximate surface area is 196 Å². The zero-order valence-corrected chi connectivity index (χ0v) is 20.2. The Morgan fingerprint density at radius 3 is 2.72 bits per heavy atom. The van der Waals surface area contributed by atoms with E-state index < -0.39 is 10.0 Å². The molecule has 3 rings (SSSR count). The van der Waals surface area contributed by atoms with Crippen molar-refractivity contribution in [1.29, 1.82) is 0 Å². The van der Waals surface area contributed by atoms with Crippen molar-refractivity contribution in [1.82, 2.24) is 9.62 Å². The van der Waals surface area contributed by atoms with Gasteiger partial charge < -0.3 is 10.1 Å². The van der Waals surface area contributed by atoms with Gasteiger partial charge in [0.05, 0.1) is 12.5 Å². The van der Waals surface area contributed by atoms with Crippen LogP contribution in [0.5, 0.6) is 5.75 Å². The third-order valence-corrected chi connectivity index (χ3v) is 7.80. The van der Waals surface area contributed by atoms with Gasteiger partial charge >= 0.3 is 0 Å². The Balaban J connectivity index is 1.64. The molecule has 0 radical (unpaired) electrons. The summed E-state index contributed by atoms with van der Waals surface area (Å²) in [6.45, 7) is 4.64. The second-order valence-electron chi connectivity index (χ2n) is 8.16. The zero-order valence-electron chi connectivity index (χ0n) is 18.6. The molecular formula is C24H31ClN2O4S. The Morgan fingerprint density at radius 1 is 1.25 bits per heavy atom. The molecule has 1 fully saturated rings. The molecule has 1 saturated heterocycles. The van der Waals surface area contributed by atoms with Gasteiger partial charge in [-0.15, -0.1) is 0 Å². The van der Waals surface area contributed by atoms with E-state index in [2.05, 4.69) is 17.4 Å². The molecule has 1 aliphatic rings. The first-order valence-corrected chi connectivity index (χ1v) is 12.9. The molecule has 0 aromatic heterocycles. The number of piperidine rings is 1. The first kappa shape index (κ1) is 24.6. The van der Waals surface area contributed by atoms with Crippen LogP contribution >= 0.6 is 11.6 Å². The molecule has 2 aromatic carbocycles. The van der Waals surface area contributed by atoms with Crippen molar-refractivity contribution in [3.63, 3.8) is 0 Å². The smallest absolute Gasteiger partial charge is 0.246 e. The number of nitrogens with zero attached hydrogens (tertiary/aromatic N) is 1. The molecule has 32 heavy (non-hydrogen) atoms. The molecule has 0 saturated carbocycles. The molecule has 0 bridgehead atoms. The summed E-state index contributed by atoms with van der Waals surface area (Å²) in [5.74, 6) is -0.202. The summed E-state index contributed by atoms with van der Waals surface area (Å²) < 4.78 is 33.6. The molecule has 1 amide bonds. The van der Waals surface area contributed by atoms with Gasteiger partial charge in [-0.25, -0.2) is 8.42 Å². The van der Waals surface area contributed by atoms with Crippen LogP contribution in [-0.4, -0.2) is 44.4 Å². The molecule has 2 aromatic rings. The average Bonchev–Trinajstić information content (AvgIpc) is 2.79. The van der Waals surface area contributed by atoms with E-state index in [4.69, 9.17) is 16.3 Å². The maximum Gasteiger partial charge on any atom is 0.246 e. The minimum atomic E-state index is -3.83. The molecule has 8 heteroatoms. The summed E-state index contributed by atoms with van der Waals surface area (Å²) in [6, 6.07) is 14.7. The monoisotopic (exact) mass is 478 g/mol. The number of hydrogen-bond donors (Lipinski definition) is 1. The van der Waals surface area contributed by atoms with E-state index in [1.165, 1.54) is 15.9 Å². The zero-order chi connectivity index (χ0) is 23.1. The van der Waals surface area contributed by atoms with Crippen molar-refractivity contribution in [2.45, 2.75) is 50.5 Å². The van der Waals surface area contributed by atoms with Gasteiger partial charge in [0.1, 0.15) is 10.6 Å². The second kappa shape index (κ2) is 11.2. The molecule has 0 unspecified atom stereocenters. The molecular weight excluding hydrogens is 448 g/mol. The fourth-order valence-electron chi connectivity index (χ4n) is 3.93. The summed E-state index contributed by atoms with van der Waals surface area (Å²) >= 11 is 6.07. The van der Waals surface area contributed by atoms with E-state index in [-0.39, 0.29) is 35.1 Å². The van der Waals surface area contributed by atoms with Gasteiger partial charge in [0.25, 0.3) is 0 Å². The Hall–Kier alpha value is -2.09. The van der Waals surface area contributed by atoms with Gasteiger partial charge in [0.15, 0.2) is 0 Å². The highest BCUT2D eigenvalue weighted by Gasteiger charge is 2.35. The number of amides is 1. The largest absolute Gasteiger partial charge is 0.492 e. The van der Waals surface area contributed by atoms with Crippen LogP contribution in [0.4, 0.5) is 0 Å². The lowest BCUT2D eigenvalue weighted by molar-refractivity contribution is -0.126. The van der Waals surface area contributed by atoms with Crippen molar-refractivity contribution >= 4 is 27.5 Å². The highest BCUT2D eigenvalue weighted by Crippen LogP contribution is 2.32. The Kier molecular flexibility index (Phi) is 8.57. The van der Waals surface area contributed by atoms with Crippen LogP contribution in [0.1, 0.15) is 38.7 Å². The molecule has 1 heterocycles. The molecule has 6 nitrogen and oxygen atoms in total. The standard InChI is InChI=1S/C24H31ClN2O4S/c1-3-31-22-14-13-21(25)16-23(22)32(29,30)27-15-7-10-20(17-27)24(28)26-18(2)11-12-19-8-5-4-6-9-19/h4-6,8-9,13-14,16,18,20H,3,7,10-12,15,17H2,1-2H3,(H,26,28)/t18-,20+/m0/s1. The van der Waals surface area contributed by atoms with Gasteiger partial charge in [-0.05, 0) is 63.3 Å². The van der Waals surface area contributed by atoms with E-state index in [0.717, 1.165) is 12.8 Å². The van der Waals surface area contributed by atoms with Crippen LogP contribution in [-0.2, 0) is 21.2 Å². The number of halogens is 1. The summed E-state index contributed by atoms with van der Waals surface area (Å²) in [4.78, 5) is 12.9. The summed E-state index contributed by atoms with van der Waals surface area (Å²) in [6.07, 6.45) is 2.99. The molecule has 0 spiro atoms. The van der Waals surface area contributed by atoms with Crippen molar-refractivity contribution in [2.24, 2.45) is 5.92 Å². The first-order chi connectivity index (χ1) is 15.3. The number of carbonyl (C=O) groups excluding carboxylic acids is 1. The minimum Gasteiger partial charge on any atom is -0.492 e. The summed E-state index contributed by atoms with van der Waals surface area (Å²) in [5.41, 5.74) is 1.23. The number of benzene rings is 2. The van der Waals surface area contributed by atoms with Gasteiger partial charge in [-0.1, -0.05) is 41.9 Å². The lowest BCUT2D eigenvalue weighted by Crippen LogP contribution is -2.47. The van der Waals surface area contributed by atoms with Gasteiger partial charge in [-0.3, -0.25) is 4.79 Å². The predicted octanol–water partition coefficient (Wildman–Crippen LogP) is 4.28. The highest BCUT2D eigenvalue weighted by atomic mass is 35.5. The van der Waals surface area contributed by atoms with Gasteiger partial charge in [0.2, 0.25) is 15.9 Å². The number of ether oxygens (including phenoxy) is 1. The third-order valence-electron chi connectivity index (χ3n) is 5.68. The number of rotatable bonds is 9. The fraction of sp³-hybridized carbons (Fsp3) is 0.458. The SMILES string of the molecule is CCOc1ccc(Cl)cc1S(=O)(=O)N1CCC[C@@H](C(=O)N[C@@H](C)CCc2ccccc2)C1. The number of carbonyl (C=O) groups is 1. The summed E-state index contributed by atoms with van der Waals surface area (Å²) in [7, 11) is -3.83. The topological polar surface area (TPSA) is 75.7 Å². The van der Waals surface area contributed by atoms with Crippen molar-refractivity contribution in [2.75, 3.05) is 19.7 Å². The molecule has 1 N–H and O–H groups in total. The Morgan fingerprint density at radius 2 is 2.00 bits per heavy atom. The molecule has 1 aliphatic heterocycles. The van der Waals surface area contributed by atoms with Crippen LogP contribution in [0.25, 0.3) is 0 Å². The number of hydrogen-bond acceptors (Lipinski definition) is 4. The van der Waals surface area contributed by atoms with Crippen LogP contribution < -0.4 is 10.1 Å². The van der Waals surface area contributed by atoms with Gasteiger partial charge in [0, 0.05) is 24.2 Å². The quantitative estimate of drug-likeness (QED) is 0.583. The molecule has 174 valence electrons. The maximum atomic E-state index is 13.3. The normalized spacial score (nSPS) is 18.2. The second-order valence-corrected chi connectivity index (χ2v) is 10.5. The fourth-order valence-corrected chi connectivity index (χ4v) is 5.85. The van der Waals surface area contributed by atoms with E-state index in [1.807, 2.05) is 25.1 Å². The van der Waals surface area contributed by atoms with Crippen LogP contribution in [0.3, 0.4) is 0 Å². The third kappa shape index (κ3) is 6.24. The van der Waals surface area contributed by atoms with Crippen LogP contribution in [0.2, 0.25) is 5.02 Å². The average molecular weight is 479 g/mol. The van der Waals surface area contributed by atoms with E-state index in [0.29, 0.717) is 31.0 Å². The number of aryl methyl sites for hydroxylation is 1. The highest BCUT2D eigenvalue weighted by molar-refractivity contribution is 7.89. The van der Waals surface area contributed by atoms with Crippen molar-refractivity contribution < 1.29 is 17.9 Å². The van der Waals surface area contributed by atoms with Crippen molar-refractivity contribution in [3.8, 4) is 5.75 Å². The van der Waals surface area contributed by atoms with E-state index in [1.54, 1.807) is 19.1 Å². The van der Waals surface area contributed by atoms with Crippen LogP contribution in [0, 0.1) is 5.92 Å². The molecule has 0 aliphatic carbocycles. The minimum absolute atomic E-state index is 0.00664. The first-order valence-electron chi connectivity index (χ1n) is 11.1. The summed E-state index contributed by atoms with van der Waals surface area (Å²) in [5, 5.41) is 3.39. The molecule has 2 atom stereocenters. The van der Waals surface area contributed by atoms with Gasteiger partial charge in [-0.2, -0.15) is 4.31 Å².